The number of rotatable bonds is 2. The van der Waals surface area contributed by atoms with Gasteiger partial charge >= 0.3 is 5.97 Å². The van der Waals surface area contributed by atoms with E-state index in [4.69, 9.17) is 9.52 Å². The Kier molecular flexibility index (Phi) is 3.12. The molecular formula is C13H11NO3. The Bertz CT molecular complexity index is 616. The van der Waals surface area contributed by atoms with Crippen molar-refractivity contribution in [3.05, 3.63) is 35.6 Å². The van der Waals surface area contributed by atoms with Crippen LogP contribution in [0.4, 0.5) is 0 Å². The second-order valence-electron chi connectivity index (χ2n) is 3.50. The van der Waals surface area contributed by atoms with Crippen molar-refractivity contribution in [2.45, 2.75) is 0 Å². The molecule has 1 aromatic carbocycles. The summed E-state index contributed by atoms with van der Waals surface area (Å²) in [5.74, 6) is 4.79. The molecular weight excluding hydrogens is 218 g/mol. The Hall–Kier alpha value is -2.25. The first-order chi connectivity index (χ1) is 8.20. The number of carbonyl (C=O) groups is 1. The molecule has 0 fully saturated rings. The molecule has 1 aromatic heterocycles. The van der Waals surface area contributed by atoms with Crippen LogP contribution in [0.3, 0.4) is 0 Å². The second-order valence-corrected chi connectivity index (χ2v) is 3.50. The van der Waals surface area contributed by atoms with Crippen molar-refractivity contribution in [1.82, 2.24) is 5.32 Å². The van der Waals surface area contributed by atoms with Crippen LogP contribution in [0.5, 0.6) is 0 Å². The molecule has 0 aliphatic rings. The molecule has 0 atom stereocenters. The molecule has 4 heteroatoms. The minimum atomic E-state index is -1.07. The van der Waals surface area contributed by atoms with Crippen molar-refractivity contribution in [2.24, 2.45) is 0 Å². The summed E-state index contributed by atoms with van der Waals surface area (Å²) in [6, 6.07) is 6.85. The number of nitrogens with one attached hydrogen (secondary N) is 1. The van der Waals surface area contributed by atoms with E-state index in [1.165, 1.54) is 6.07 Å². The molecule has 86 valence electrons. The molecule has 2 N–H and O–H groups in total. The molecule has 0 saturated heterocycles. The topological polar surface area (TPSA) is 62.5 Å². The zero-order valence-electron chi connectivity index (χ0n) is 9.28. The van der Waals surface area contributed by atoms with Gasteiger partial charge in [-0.2, -0.15) is 0 Å². The molecule has 0 saturated carbocycles. The smallest absolute Gasteiger partial charge is 0.371 e. The standard InChI is InChI=1S/C13H11NO3/c1-14-6-2-3-9-4-5-11-10(7-9)8-12(17-11)13(15)16/h4-5,7-8,14H,6H2,1H3,(H,15,16). The van der Waals surface area contributed by atoms with Crippen molar-refractivity contribution in [1.29, 1.82) is 0 Å². The summed E-state index contributed by atoms with van der Waals surface area (Å²) in [5.41, 5.74) is 1.40. The fourth-order valence-electron chi connectivity index (χ4n) is 1.46. The average molecular weight is 229 g/mol. The van der Waals surface area contributed by atoms with E-state index < -0.39 is 5.97 Å². The Morgan fingerprint density at radius 1 is 1.47 bits per heavy atom. The Morgan fingerprint density at radius 3 is 3.00 bits per heavy atom. The first-order valence-corrected chi connectivity index (χ1v) is 5.11. The minimum absolute atomic E-state index is 0.0552. The van der Waals surface area contributed by atoms with Crippen LogP contribution in [-0.2, 0) is 0 Å². The predicted molar refractivity (Wildman–Crippen MR) is 64.0 cm³/mol. The van der Waals surface area contributed by atoms with Crippen molar-refractivity contribution in [3.8, 4) is 11.8 Å². The molecule has 17 heavy (non-hydrogen) atoms. The van der Waals surface area contributed by atoms with Gasteiger partial charge in [-0.1, -0.05) is 11.8 Å². The number of furan rings is 1. The second kappa shape index (κ2) is 4.73. The van der Waals surface area contributed by atoms with E-state index in [-0.39, 0.29) is 5.76 Å². The largest absolute Gasteiger partial charge is 0.475 e. The van der Waals surface area contributed by atoms with Crippen LogP contribution in [0.2, 0.25) is 0 Å². The Morgan fingerprint density at radius 2 is 2.29 bits per heavy atom. The maximum atomic E-state index is 10.7. The normalized spacial score (nSPS) is 9.94. The molecule has 0 amide bonds. The Labute approximate surface area is 98.2 Å². The van der Waals surface area contributed by atoms with Crippen molar-refractivity contribution in [3.63, 3.8) is 0 Å². The highest BCUT2D eigenvalue weighted by Gasteiger charge is 2.09. The molecule has 0 aliphatic heterocycles. The third-order valence-electron chi connectivity index (χ3n) is 2.22. The van der Waals surface area contributed by atoms with Gasteiger partial charge in [0, 0.05) is 10.9 Å². The molecule has 0 radical (unpaired) electrons. The summed E-state index contributed by atoms with van der Waals surface area (Å²) in [7, 11) is 1.83. The van der Waals surface area contributed by atoms with Crippen LogP contribution in [0.25, 0.3) is 11.0 Å². The summed E-state index contributed by atoms with van der Waals surface area (Å²) in [6.07, 6.45) is 0. The number of carboxylic acids is 1. The third-order valence-corrected chi connectivity index (χ3v) is 2.22. The summed E-state index contributed by atoms with van der Waals surface area (Å²) in [5, 5.41) is 12.5. The zero-order chi connectivity index (χ0) is 12.3. The molecule has 2 aromatic rings. The number of hydrogen-bond acceptors (Lipinski definition) is 3. The summed E-state index contributed by atoms with van der Waals surface area (Å²) in [4.78, 5) is 10.7. The lowest BCUT2D eigenvalue weighted by Gasteiger charge is -1.90. The van der Waals surface area contributed by atoms with Gasteiger partial charge in [0.1, 0.15) is 5.58 Å². The quantitative estimate of drug-likeness (QED) is 0.769. The zero-order valence-corrected chi connectivity index (χ0v) is 9.28. The molecule has 2 rings (SSSR count). The van der Waals surface area contributed by atoms with Gasteiger partial charge in [-0.05, 0) is 31.3 Å². The van der Waals surface area contributed by atoms with Crippen LogP contribution < -0.4 is 5.32 Å². The monoisotopic (exact) mass is 229 g/mol. The maximum absolute atomic E-state index is 10.7. The maximum Gasteiger partial charge on any atom is 0.371 e. The Balaban J connectivity index is 2.37. The summed E-state index contributed by atoms with van der Waals surface area (Å²) >= 11 is 0. The van der Waals surface area contributed by atoms with E-state index in [0.717, 1.165) is 10.9 Å². The van der Waals surface area contributed by atoms with Crippen LogP contribution in [0, 0.1) is 11.8 Å². The number of aromatic carboxylic acids is 1. The number of carboxylic acid groups (broad SMARTS) is 1. The highest BCUT2D eigenvalue weighted by Crippen LogP contribution is 2.20. The lowest BCUT2D eigenvalue weighted by molar-refractivity contribution is 0.0665. The fraction of sp³-hybridized carbons (Fsp3) is 0.154. The van der Waals surface area contributed by atoms with Crippen molar-refractivity contribution < 1.29 is 14.3 Å². The van der Waals surface area contributed by atoms with Gasteiger partial charge in [0.25, 0.3) is 0 Å². The number of fused-ring (bicyclic) bond motifs is 1. The van der Waals surface area contributed by atoms with Gasteiger partial charge in [0.15, 0.2) is 0 Å². The van der Waals surface area contributed by atoms with Crippen LogP contribution in [-0.4, -0.2) is 24.7 Å². The molecule has 0 aliphatic carbocycles. The fourth-order valence-corrected chi connectivity index (χ4v) is 1.46. The van der Waals surface area contributed by atoms with E-state index in [1.807, 2.05) is 13.1 Å². The minimum Gasteiger partial charge on any atom is -0.475 e. The van der Waals surface area contributed by atoms with Crippen LogP contribution in [0.1, 0.15) is 16.1 Å². The van der Waals surface area contributed by atoms with Gasteiger partial charge in [0.2, 0.25) is 5.76 Å². The number of hydrogen-bond donors (Lipinski definition) is 2. The average Bonchev–Trinajstić information content (AvgIpc) is 2.72. The molecule has 1 heterocycles. The lowest BCUT2D eigenvalue weighted by Crippen LogP contribution is -2.04. The summed E-state index contributed by atoms with van der Waals surface area (Å²) in [6.45, 7) is 0.615. The number of benzene rings is 1. The van der Waals surface area contributed by atoms with Crippen LogP contribution >= 0.6 is 0 Å². The highest BCUT2D eigenvalue weighted by molar-refractivity contribution is 5.91. The molecule has 0 spiro atoms. The van der Waals surface area contributed by atoms with E-state index >= 15 is 0 Å². The van der Waals surface area contributed by atoms with Gasteiger partial charge < -0.3 is 14.8 Å². The SMILES string of the molecule is CNCC#Cc1ccc2oc(C(=O)O)cc2c1. The van der Waals surface area contributed by atoms with Crippen molar-refractivity contribution in [2.75, 3.05) is 13.6 Å². The first kappa shape index (κ1) is 11.2. The van der Waals surface area contributed by atoms with E-state index in [9.17, 15) is 4.79 Å². The van der Waals surface area contributed by atoms with E-state index in [2.05, 4.69) is 17.2 Å². The first-order valence-electron chi connectivity index (χ1n) is 5.11. The molecule has 0 bridgehead atoms. The van der Waals surface area contributed by atoms with E-state index in [0.29, 0.717) is 12.1 Å². The third kappa shape index (κ3) is 2.47. The lowest BCUT2D eigenvalue weighted by atomic mass is 10.1. The van der Waals surface area contributed by atoms with Gasteiger partial charge in [-0.15, -0.1) is 0 Å². The molecule has 4 nitrogen and oxygen atoms in total. The predicted octanol–water partition coefficient (Wildman–Crippen LogP) is 1.70. The van der Waals surface area contributed by atoms with Gasteiger partial charge in [-0.25, -0.2) is 4.79 Å². The van der Waals surface area contributed by atoms with Gasteiger partial charge in [0.05, 0.1) is 6.54 Å². The van der Waals surface area contributed by atoms with Gasteiger partial charge in [-0.3, -0.25) is 0 Å². The molecule has 0 unspecified atom stereocenters. The van der Waals surface area contributed by atoms with Crippen LogP contribution in [0.15, 0.2) is 28.7 Å². The highest BCUT2D eigenvalue weighted by atomic mass is 16.4. The van der Waals surface area contributed by atoms with Crippen molar-refractivity contribution >= 4 is 16.9 Å². The summed E-state index contributed by atoms with van der Waals surface area (Å²) < 4.78 is 5.15. The van der Waals surface area contributed by atoms with E-state index in [1.54, 1.807) is 12.1 Å².